The number of amides is 3. The van der Waals surface area contributed by atoms with E-state index in [9.17, 15) is 14.4 Å². The minimum Gasteiger partial charge on any atom is -0.480 e. The molecular weight excluding hydrogens is 382 g/mol. The first-order chi connectivity index (χ1) is 13.4. The average Bonchev–Trinajstić information content (AvgIpc) is 3.22. The van der Waals surface area contributed by atoms with Crippen LogP contribution in [0.15, 0.2) is 36.4 Å². The zero-order valence-electron chi connectivity index (χ0n) is 15.1. The third-order valence-electron chi connectivity index (χ3n) is 4.07. The summed E-state index contributed by atoms with van der Waals surface area (Å²) in [6.07, 6.45) is 0. The van der Waals surface area contributed by atoms with Crippen molar-refractivity contribution in [3.05, 3.63) is 47.0 Å². The van der Waals surface area contributed by atoms with Crippen LogP contribution in [0.2, 0.25) is 0 Å². The molecule has 0 saturated heterocycles. The van der Waals surface area contributed by atoms with Crippen LogP contribution in [0.5, 0.6) is 0 Å². The summed E-state index contributed by atoms with van der Waals surface area (Å²) in [5, 5.41) is 16.9. The third-order valence-corrected chi connectivity index (χ3v) is 5.18. The van der Waals surface area contributed by atoms with Crippen LogP contribution in [-0.4, -0.2) is 57.3 Å². The molecule has 1 aromatic carbocycles. The Morgan fingerprint density at radius 2 is 2.00 bits per heavy atom. The van der Waals surface area contributed by atoms with Crippen molar-refractivity contribution in [2.45, 2.75) is 6.92 Å². The van der Waals surface area contributed by atoms with Gasteiger partial charge in [-0.15, -0.1) is 11.3 Å². The Morgan fingerprint density at radius 1 is 1.29 bits per heavy atom. The summed E-state index contributed by atoms with van der Waals surface area (Å²) in [6, 6.07) is 10.6. The zero-order chi connectivity index (χ0) is 20.3. The Hall–Kier alpha value is -3.40. The fraction of sp³-hybridized carbons (Fsp3) is 0.222. The van der Waals surface area contributed by atoms with E-state index in [1.54, 1.807) is 10.7 Å². The molecule has 0 saturated carbocycles. The number of carboxylic acids is 1. The lowest BCUT2D eigenvalue weighted by atomic mass is 10.3. The summed E-state index contributed by atoms with van der Waals surface area (Å²) < 4.78 is 1.80. The van der Waals surface area contributed by atoms with E-state index >= 15 is 0 Å². The van der Waals surface area contributed by atoms with Gasteiger partial charge >= 0.3 is 12.0 Å². The van der Waals surface area contributed by atoms with Crippen LogP contribution in [-0.2, 0) is 4.79 Å². The number of carboxylic acid groups (broad SMARTS) is 1. The highest BCUT2D eigenvalue weighted by Gasteiger charge is 2.18. The van der Waals surface area contributed by atoms with Crippen LogP contribution in [0, 0.1) is 6.92 Å². The lowest BCUT2D eigenvalue weighted by molar-refractivity contribution is -0.137. The van der Waals surface area contributed by atoms with Crippen molar-refractivity contribution in [3.8, 4) is 5.69 Å². The number of para-hydroxylation sites is 1. The second-order valence-corrected chi connectivity index (χ2v) is 7.10. The SMILES string of the molecule is Cc1nn(-c2ccccc2)c2sc(C(=O)NCCN(CC(=O)O)C(N)=O)cc12. The van der Waals surface area contributed by atoms with E-state index in [0.29, 0.717) is 4.88 Å². The maximum Gasteiger partial charge on any atom is 0.323 e. The molecular formula is C18H19N5O4S. The van der Waals surface area contributed by atoms with Crippen molar-refractivity contribution in [1.29, 1.82) is 0 Å². The molecule has 9 nitrogen and oxygen atoms in total. The number of carbonyl (C=O) groups excluding carboxylic acids is 2. The summed E-state index contributed by atoms with van der Waals surface area (Å²) in [5.41, 5.74) is 6.86. The predicted molar refractivity (Wildman–Crippen MR) is 105 cm³/mol. The number of hydrogen-bond donors (Lipinski definition) is 3. The fourth-order valence-corrected chi connectivity index (χ4v) is 3.82. The van der Waals surface area contributed by atoms with Crippen molar-refractivity contribution < 1.29 is 19.5 Å². The van der Waals surface area contributed by atoms with Gasteiger partial charge in [0.2, 0.25) is 0 Å². The molecule has 3 amide bonds. The molecule has 146 valence electrons. The monoisotopic (exact) mass is 401 g/mol. The number of aromatic nitrogens is 2. The van der Waals surface area contributed by atoms with Gasteiger partial charge in [0.1, 0.15) is 11.4 Å². The normalized spacial score (nSPS) is 10.8. The topological polar surface area (TPSA) is 131 Å². The Bertz CT molecular complexity index is 1030. The zero-order valence-corrected chi connectivity index (χ0v) is 15.9. The molecule has 0 atom stereocenters. The third kappa shape index (κ3) is 4.12. The summed E-state index contributed by atoms with van der Waals surface area (Å²) in [7, 11) is 0. The summed E-state index contributed by atoms with van der Waals surface area (Å²) in [6.45, 7) is 1.47. The number of primary amides is 1. The maximum atomic E-state index is 12.5. The minimum absolute atomic E-state index is 0.00902. The number of fused-ring (bicyclic) bond motifs is 1. The van der Waals surface area contributed by atoms with Gasteiger partial charge in [-0.25, -0.2) is 9.48 Å². The second-order valence-electron chi connectivity index (χ2n) is 6.07. The lowest BCUT2D eigenvalue weighted by Gasteiger charge is -2.17. The first-order valence-corrected chi connectivity index (χ1v) is 9.27. The molecule has 3 aromatic rings. The highest BCUT2D eigenvalue weighted by molar-refractivity contribution is 7.20. The molecule has 0 bridgehead atoms. The minimum atomic E-state index is -1.17. The number of benzene rings is 1. The average molecular weight is 401 g/mol. The van der Waals surface area contributed by atoms with Crippen molar-refractivity contribution in [2.24, 2.45) is 5.73 Å². The molecule has 4 N–H and O–H groups in total. The molecule has 0 aliphatic rings. The molecule has 2 aromatic heterocycles. The smallest absolute Gasteiger partial charge is 0.323 e. The number of nitrogens with one attached hydrogen (secondary N) is 1. The van der Waals surface area contributed by atoms with E-state index in [2.05, 4.69) is 10.4 Å². The van der Waals surface area contributed by atoms with Crippen LogP contribution in [0.3, 0.4) is 0 Å². The standard InChI is InChI=1S/C18H19N5O4S/c1-11-13-9-14(16(26)20-7-8-22(18(19)27)10-15(24)25)28-17(13)23(21-11)12-5-3-2-4-6-12/h2-6,9H,7-8,10H2,1H3,(H2,19,27)(H,20,26)(H,24,25). The number of nitrogens with two attached hydrogens (primary N) is 1. The Morgan fingerprint density at radius 3 is 2.64 bits per heavy atom. The van der Waals surface area contributed by atoms with E-state index in [1.807, 2.05) is 37.3 Å². The van der Waals surface area contributed by atoms with Gasteiger partial charge in [0, 0.05) is 18.5 Å². The number of aliphatic carboxylic acids is 1. The summed E-state index contributed by atoms with van der Waals surface area (Å²) in [4.78, 5) is 36.8. The van der Waals surface area contributed by atoms with Gasteiger partial charge in [-0.3, -0.25) is 9.59 Å². The quantitative estimate of drug-likeness (QED) is 0.553. The van der Waals surface area contributed by atoms with Gasteiger partial charge in [-0.2, -0.15) is 5.10 Å². The number of rotatable bonds is 7. The first kappa shape index (κ1) is 19.4. The van der Waals surface area contributed by atoms with E-state index in [4.69, 9.17) is 10.8 Å². The van der Waals surface area contributed by atoms with Crippen molar-refractivity contribution in [3.63, 3.8) is 0 Å². The maximum absolute atomic E-state index is 12.5. The van der Waals surface area contributed by atoms with Gasteiger partial charge in [-0.05, 0) is 25.1 Å². The number of carbonyl (C=O) groups is 3. The van der Waals surface area contributed by atoms with E-state index in [-0.39, 0.29) is 19.0 Å². The van der Waals surface area contributed by atoms with E-state index < -0.39 is 18.5 Å². The van der Waals surface area contributed by atoms with Crippen molar-refractivity contribution in [2.75, 3.05) is 19.6 Å². The van der Waals surface area contributed by atoms with Gasteiger partial charge in [-0.1, -0.05) is 18.2 Å². The summed E-state index contributed by atoms with van der Waals surface area (Å²) in [5.74, 6) is -1.48. The van der Waals surface area contributed by atoms with Crippen LogP contribution >= 0.6 is 11.3 Å². The highest BCUT2D eigenvalue weighted by atomic mass is 32.1. The molecule has 0 fully saturated rings. The molecule has 2 heterocycles. The van der Waals surface area contributed by atoms with Crippen LogP contribution in [0.4, 0.5) is 4.79 Å². The van der Waals surface area contributed by atoms with Crippen LogP contribution in [0.25, 0.3) is 15.9 Å². The molecule has 0 unspecified atom stereocenters. The number of aryl methyl sites for hydroxylation is 1. The van der Waals surface area contributed by atoms with Gasteiger partial charge in [0.15, 0.2) is 0 Å². The Balaban J connectivity index is 1.72. The first-order valence-electron chi connectivity index (χ1n) is 8.45. The number of thiophene rings is 1. The van der Waals surface area contributed by atoms with E-state index in [0.717, 1.165) is 26.5 Å². The molecule has 28 heavy (non-hydrogen) atoms. The number of nitrogens with zero attached hydrogens (tertiary/aromatic N) is 3. The summed E-state index contributed by atoms with van der Waals surface area (Å²) >= 11 is 1.31. The van der Waals surface area contributed by atoms with Crippen LogP contribution in [0.1, 0.15) is 15.4 Å². The van der Waals surface area contributed by atoms with Crippen LogP contribution < -0.4 is 11.1 Å². The number of hydrogen-bond acceptors (Lipinski definition) is 5. The van der Waals surface area contributed by atoms with E-state index in [1.165, 1.54) is 11.3 Å². The van der Waals surface area contributed by atoms with Gasteiger partial charge < -0.3 is 21.1 Å². The molecule has 3 rings (SSSR count). The fourth-order valence-electron chi connectivity index (χ4n) is 2.73. The lowest BCUT2D eigenvalue weighted by Crippen LogP contribution is -2.43. The second kappa shape index (κ2) is 8.09. The largest absolute Gasteiger partial charge is 0.480 e. The predicted octanol–water partition coefficient (Wildman–Crippen LogP) is 1.59. The molecule has 0 aliphatic carbocycles. The molecule has 0 aliphatic heterocycles. The number of urea groups is 1. The molecule has 0 radical (unpaired) electrons. The van der Waals surface area contributed by atoms with Crippen molar-refractivity contribution in [1.82, 2.24) is 20.0 Å². The molecule has 0 spiro atoms. The highest BCUT2D eigenvalue weighted by Crippen LogP contribution is 2.30. The Labute approximate surface area is 164 Å². The van der Waals surface area contributed by atoms with Gasteiger partial charge in [0.25, 0.3) is 5.91 Å². The van der Waals surface area contributed by atoms with Crippen molar-refractivity contribution >= 4 is 39.5 Å². The Kier molecular flexibility index (Phi) is 5.59. The molecule has 10 heteroatoms. The van der Waals surface area contributed by atoms with Gasteiger partial charge in [0.05, 0.1) is 16.3 Å².